The topological polar surface area (TPSA) is 49.3 Å². The number of rotatable bonds is 5. The molecule has 0 aromatic heterocycles. The highest BCUT2D eigenvalue weighted by Gasteiger charge is 2.04. The van der Waals surface area contributed by atoms with Crippen LogP contribution in [0.4, 0.5) is 0 Å². The molecule has 0 saturated heterocycles. The van der Waals surface area contributed by atoms with Gasteiger partial charge in [-0.1, -0.05) is 25.1 Å². The van der Waals surface area contributed by atoms with Crippen LogP contribution in [0.3, 0.4) is 0 Å². The fourth-order valence-corrected chi connectivity index (χ4v) is 1.67. The molecule has 0 bridgehead atoms. The molecule has 98 valence electrons. The largest absolute Gasteiger partial charge is 0.395 e. The molecule has 0 spiro atoms. The van der Waals surface area contributed by atoms with Gasteiger partial charge < -0.3 is 10.4 Å². The van der Waals surface area contributed by atoms with Gasteiger partial charge in [0.15, 0.2) is 0 Å². The van der Waals surface area contributed by atoms with Crippen LogP contribution in [0, 0.1) is 6.92 Å². The van der Waals surface area contributed by atoms with E-state index in [0.717, 1.165) is 17.5 Å². The molecule has 0 fully saturated rings. The number of benzene rings is 1. The van der Waals surface area contributed by atoms with E-state index in [0.29, 0.717) is 5.57 Å². The molecule has 0 saturated carbocycles. The Hall–Kier alpha value is -1.61. The maximum Gasteiger partial charge on any atom is 0.247 e. The van der Waals surface area contributed by atoms with Crippen LogP contribution < -0.4 is 5.32 Å². The number of carbonyl (C=O) groups is 1. The van der Waals surface area contributed by atoms with Gasteiger partial charge in [-0.2, -0.15) is 0 Å². The van der Waals surface area contributed by atoms with Crippen molar-refractivity contribution >= 4 is 12.0 Å². The van der Waals surface area contributed by atoms with Crippen LogP contribution in [0.15, 0.2) is 23.8 Å². The molecule has 2 N–H and O–H groups in total. The van der Waals surface area contributed by atoms with Gasteiger partial charge in [0.05, 0.1) is 6.61 Å². The predicted molar refractivity (Wildman–Crippen MR) is 74.3 cm³/mol. The molecule has 0 aliphatic carbocycles. The first-order chi connectivity index (χ1) is 8.58. The molecule has 0 aliphatic rings. The monoisotopic (exact) mass is 247 g/mol. The Balaban J connectivity index is 2.90. The van der Waals surface area contributed by atoms with Crippen LogP contribution in [0.25, 0.3) is 6.08 Å². The first-order valence-electron chi connectivity index (χ1n) is 6.25. The Morgan fingerprint density at radius 1 is 1.44 bits per heavy atom. The number of aryl methyl sites for hydroxylation is 2. The lowest BCUT2D eigenvalue weighted by molar-refractivity contribution is -0.117. The van der Waals surface area contributed by atoms with Gasteiger partial charge in [-0.15, -0.1) is 0 Å². The summed E-state index contributed by atoms with van der Waals surface area (Å²) >= 11 is 0. The molecule has 1 aromatic rings. The molecule has 18 heavy (non-hydrogen) atoms. The minimum Gasteiger partial charge on any atom is -0.395 e. The van der Waals surface area contributed by atoms with Crippen LogP contribution >= 0.6 is 0 Å². The number of aliphatic hydroxyl groups is 1. The van der Waals surface area contributed by atoms with Gasteiger partial charge in [-0.25, -0.2) is 0 Å². The zero-order valence-corrected chi connectivity index (χ0v) is 11.3. The summed E-state index contributed by atoms with van der Waals surface area (Å²) in [5.74, 6) is -0.134. The van der Waals surface area contributed by atoms with Crippen molar-refractivity contribution in [1.82, 2.24) is 5.32 Å². The van der Waals surface area contributed by atoms with Gasteiger partial charge in [0.25, 0.3) is 0 Å². The highest BCUT2D eigenvalue weighted by atomic mass is 16.3. The maximum atomic E-state index is 11.7. The highest BCUT2D eigenvalue weighted by Crippen LogP contribution is 2.15. The predicted octanol–water partition coefficient (Wildman–Crippen LogP) is 2.07. The third-order valence-electron chi connectivity index (χ3n) is 2.88. The van der Waals surface area contributed by atoms with E-state index in [9.17, 15) is 4.79 Å². The number of aliphatic hydroxyl groups excluding tert-OH is 1. The molecule has 0 aliphatic heterocycles. The summed E-state index contributed by atoms with van der Waals surface area (Å²) in [6.45, 7) is 6.18. The average molecular weight is 247 g/mol. The second-order valence-electron chi connectivity index (χ2n) is 4.35. The molecule has 3 heteroatoms. The molecule has 1 rings (SSSR count). The minimum absolute atomic E-state index is 0.0383. The van der Waals surface area contributed by atoms with Gasteiger partial charge >= 0.3 is 0 Å². The van der Waals surface area contributed by atoms with Gasteiger partial charge in [-0.05, 0) is 43.0 Å². The number of nitrogens with one attached hydrogen (secondary N) is 1. The molecule has 0 atom stereocenters. The van der Waals surface area contributed by atoms with Crippen LogP contribution in [-0.4, -0.2) is 24.2 Å². The molecule has 1 amide bonds. The highest BCUT2D eigenvalue weighted by molar-refractivity contribution is 5.97. The minimum atomic E-state index is -0.134. The summed E-state index contributed by atoms with van der Waals surface area (Å²) in [7, 11) is 0. The van der Waals surface area contributed by atoms with E-state index >= 15 is 0 Å². The zero-order valence-electron chi connectivity index (χ0n) is 11.3. The summed E-state index contributed by atoms with van der Waals surface area (Å²) in [5.41, 5.74) is 4.14. The Kier molecular flexibility index (Phi) is 5.59. The average Bonchev–Trinajstić information content (AvgIpc) is 2.38. The molecular formula is C15H21NO2. The Morgan fingerprint density at radius 3 is 2.78 bits per heavy atom. The van der Waals surface area contributed by atoms with Gasteiger partial charge in [-0.3, -0.25) is 4.79 Å². The van der Waals surface area contributed by atoms with Crippen molar-refractivity contribution in [1.29, 1.82) is 0 Å². The molecule has 0 heterocycles. The van der Waals surface area contributed by atoms with Crippen molar-refractivity contribution in [3.05, 3.63) is 40.5 Å². The lowest BCUT2D eigenvalue weighted by atomic mass is 10.0. The summed E-state index contributed by atoms with van der Waals surface area (Å²) in [4.78, 5) is 11.7. The quantitative estimate of drug-likeness (QED) is 0.783. The van der Waals surface area contributed by atoms with E-state index in [1.54, 1.807) is 6.92 Å². The molecule has 1 aromatic carbocycles. The Bertz CT molecular complexity index is 450. The van der Waals surface area contributed by atoms with Crippen molar-refractivity contribution in [3.8, 4) is 0 Å². The van der Waals surface area contributed by atoms with Gasteiger partial charge in [0.2, 0.25) is 5.91 Å². The van der Waals surface area contributed by atoms with E-state index in [1.807, 2.05) is 13.0 Å². The van der Waals surface area contributed by atoms with Crippen molar-refractivity contribution < 1.29 is 9.90 Å². The van der Waals surface area contributed by atoms with E-state index in [-0.39, 0.29) is 19.1 Å². The number of amides is 1. The van der Waals surface area contributed by atoms with Crippen LogP contribution in [0.1, 0.15) is 30.5 Å². The van der Waals surface area contributed by atoms with E-state index in [4.69, 9.17) is 5.11 Å². The molecule has 3 nitrogen and oxygen atoms in total. The smallest absolute Gasteiger partial charge is 0.247 e. The first kappa shape index (κ1) is 14.5. The number of hydrogen-bond donors (Lipinski definition) is 2. The van der Waals surface area contributed by atoms with E-state index < -0.39 is 0 Å². The van der Waals surface area contributed by atoms with Crippen LogP contribution in [-0.2, 0) is 11.2 Å². The maximum absolute atomic E-state index is 11.7. The van der Waals surface area contributed by atoms with Crippen molar-refractivity contribution in [2.75, 3.05) is 13.2 Å². The summed E-state index contributed by atoms with van der Waals surface area (Å²) < 4.78 is 0. The molecule has 0 unspecified atom stereocenters. The summed E-state index contributed by atoms with van der Waals surface area (Å²) in [5, 5.41) is 11.3. The van der Waals surface area contributed by atoms with Crippen LogP contribution in [0.5, 0.6) is 0 Å². The summed E-state index contributed by atoms with van der Waals surface area (Å²) in [6, 6.07) is 6.29. The fourth-order valence-electron chi connectivity index (χ4n) is 1.67. The van der Waals surface area contributed by atoms with E-state index in [1.165, 1.54) is 5.56 Å². The number of hydrogen-bond acceptors (Lipinski definition) is 2. The molecule has 0 radical (unpaired) electrons. The molecular weight excluding hydrogens is 226 g/mol. The number of carbonyl (C=O) groups excluding carboxylic acids is 1. The third kappa shape index (κ3) is 4.00. The SMILES string of the molecule is CCc1ccc(C)c(/C=C(\C)C(=O)NCCO)c1. The Labute approximate surface area is 109 Å². The summed E-state index contributed by atoms with van der Waals surface area (Å²) in [6.07, 6.45) is 2.87. The van der Waals surface area contributed by atoms with E-state index in [2.05, 4.69) is 30.4 Å². The second kappa shape index (κ2) is 6.97. The Morgan fingerprint density at radius 2 is 2.17 bits per heavy atom. The lowest BCUT2D eigenvalue weighted by Gasteiger charge is -2.07. The first-order valence-corrected chi connectivity index (χ1v) is 6.25. The van der Waals surface area contributed by atoms with Crippen molar-refractivity contribution in [2.45, 2.75) is 27.2 Å². The van der Waals surface area contributed by atoms with Crippen molar-refractivity contribution in [3.63, 3.8) is 0 Å². The van der Waals surface area contributed by atoms with Crippen molar-refractivity contribution in [2.24, 2.45) is 0 Å². The fraction of sp³-hybridized carbons (Fsp3) is 0.400. The standard InChI is InChI=1S/C15H21NO2/c1-4-13-6-5-11(2)14(10-13)9-12(3)15(18)16-7-8-17/h5-6,9-10,17H,4,7-8H2,1-3H3,(H,16,18)/b12-9+. The normalized spacial score (nSPS) is 11.4. The van der Waals surface area contributed by atoms with Gasteiger partial charge in [0.1, 0.15) is 0 Å². The third-order valence-corrected chi connectivity index (χ3v) is 2.88. The zero-order chi connectivity index (χ0) is 13.5. The second-order valence-corrected chi connectivity index (χ2v) is 4.35. The van der Waals surface area contributed by atoms with Gasteiger partial charge in [0, 0.05) is 12.1 Å². The van der Waals surface area contributed by atoms with Crippen LogP contribution in [0.2, 0.25) is 0 Å². The lowest BCUT2D eigenvalue weighted by Crippen LogP contribution is -2.26.